The van der Waals surface area contributed by atoms with Crippen molar-refractivity contribution in [1.82, 2.24) is 5.32 Å². The molecule has 4 rings (SSSR count). The van der Waals surface area contributed by atoms with Crippen LogP contribution in [0.2, 0.25) is 10.0 Å². The van der Waals surface area contributed by atoms with Gasteiger partial charge in [-0.2, -0.15) is 0 Å². The first-order chi connectivity index (χ1) is 20.6. The van der Waals surface area contributed by atoms with Crippen LogP contribution in [0.15, 0.2) is 108 Å². The number of benzene rings is 4. The minimum Gasteiger partial charge on any atom is -0.324 e. The lowest BCUT2D eigenvalue weighted by Gasteiger charge is -2.15. The molecule has 0 fully saturated rings. The maximum absolute atomic E-state index is 13.5. The number of rotatable bonds is 10. The highest BCUT2D eigenvalue weighted by Crippen LogP contribution is 2.29. The number of nitrogens with one attached hydrogen (secondary N) is 3. The standard InChI is InChI=1S/C34H31Cl2N3O3S/c1-21(2)24-14-12-23(13-15-24)18-31(39-33(41)25-8-5-4-6-9-25)34(42)37-27-10-7-11-28(20-27)43-22(3)32(40)38-30-19-26(35)16-17-29(30)36/h4-22H,1-3H3,(H,37,42)(H,38,40)(H,39,41)/b31-18+. The average molecular weight is 633 g/mol. The molecule has 1 atom stereocenters. The van der Waals surface area contributed by atoms with Crippen LogP contribution >= 0.6 is 35.0 Å². The predicted octanol–water partition coefficient (Wildman–Crippen LogP) is 8.65. The molecule has 0 spiro atoms. The summed E-state index contributed by atoms with van der Waals surface area (Å²) >= 11 is 13.5. The van der Waals surface area contributed by atoms with E-state index >= 15 is 0 Å². The monoisotopic (exact) mass is 631 g/mol. The van der Waals surface area contributed by atoms with Gasteiger partial charge >= 0.3 is 0 Å². The summed E-state index contributed by atoms with van der Waals surface area (Å²) in [6, 6.07) is 28.5. The molecule has 0 radical (unpaired) electrons. The fourth-order valence-electron chi connectivity index (χ4n) is 4.02. The van der Waals surface area contributed by atoms with Crippen LogP contribution in [0.4, 0.5) is 11.4 Å². The Labute approximate surface area is 265 Å². The molecule has 0 saturated heterocycles. The van der Waals surface area contributed by atoms with Gasteiger partial charge in [-0.05, 0) is 78.6 Å². The van der Waals surface area contributed by atoms with E-state index in [0.717, 1.165) is 10.5 Å². The molecular weight excluding hydrogens is 601 g/mol. The van der Waals surface area contributed by atoms with Crippen molar-refractivity contribution in [3.63, 3.8) is 0 Å². The number of amides is 3. The largest absolute Gasteiger partial charge is 0.324 e. The number of halogens is 2. The molecule has 4 aromatic carbocycles. The molecule has 1 unspecified atom stereocenters. The zero-order valence-electron chi connectivity index (χ0n) is 23.9. The van der Waals surface area contributed by atoms with Crippen molar-refractivity contribution in [2.24, 2.45) is 0 Å². The lowest BCUT2D eigenvalue weighted by Crippen LogP contribution is -2.30. The molecule has 3 amide bonds. The van der Waals surface area contributed by atoms with Crippen LogP contribution in [0.3, 0.4) is 0 Å². The van der Waals surface area contributed by atoms with Crippen LogP contribution in [0, 0.1) is 0 Å². The molecule has 9 heteroatoms. The van der Waals surface area contributed by atoms with Crippen molar-refractivity contribution in [2.45, 2.75) is 36.8 Å². The fourth-order valence-corrected chi connectivity index (χ4v) is 5.28. The summed E-state index contributed by atoms with van der Waals surface area (Å²) < 4.78 is 0. The number of carbonyl (C=O) groups excluding carboxylic acids is 3. The smallest absolute Gasteiger partial charge is 0.272 e. The van der Waals surface area contributed by atoms with Crippen LogP contribution in [0.1, 0.15) is 48.2 Å². The molecule has 0 aromatic heterocycles. The molecule has 0 bridgehead atoms. The molecule has 4 aromatic rings. The fraction of sp³-hybridized carbons (Fsp3) is 0.147. The van der Waals surface area contributed by atoms with Gasteiger partial charge < -0.3 is 16.0 Å². The van der Waals surface area contributed by atoms with Gasteiger partial charge in [-0.1, -0.05) is 85.6 Å². The van der Waals surface area contributed by atoms with Gasteiger partial charge in [0.05, 0.1) is 16.0 Å². The van der Waals surface area contributed by atoms with Crippen molar-refractivity contribution < 1.29 is 14.4 Å². The number of carbonyl (C=O) groups is 3. The van der Waals surface area contributed by atoms with E-state index < -0.39 is 17.1 Å². The molecule has 0 aliphatic carbocycles. The zero-order valence-corrected chi connectivity index (χ0v) is 26.2. The Morgan fingerprint density at radius 1 is 0.791 bits per heavy atom. The van der Waals surface area contributed by atoms with Gasteiger partial charge in [0.1, 0.15) is 5.70 Å². The van der Waals surface area contributed by atoms with Crippen molar-refractivity contribution in [2.75, 3.05) is 10.6 Å². The topological polar surface area (TPSA) is 87.3 Å². The second-order valence-electron chi connectivity index (χ2n) is 10.1. The Morgan fingerprint density at radius 2 is 1.51 bits per heavy atom. The lowest BCUT2D eigenvalue weighted by molar-refractivity contribution is -0.115. The van der Waals surface area contributed by atoms with E-state index in [1.54, 1.807) is 73.7 Å². The highest BCUT2D eigenvalue weighted by Gasteiger charge is 2.18. The molecule has 0 saturated carbocycles. The van der Waals surface area contributed by atoms with Gasteiger partial charge in [0.25, 0.3) is 11.8 Å². The van der Waals surface area contributed by atoms with Gasteiger partial charge in [-0.25, -0.2) is 0 Å². The normalized spacial score (nSPS) is 12.0. The summed E-state index contributed by atoms with van der Waals surface area (Å²) in [6.07, 6.45) is 1.65. The first-order valence-electron chi connectivity index (χ1n) is 13.6. The Balaban J connectivity index is 1.49. The second-order valence-corrected chi connectivity index (χ2v) is 12.3. The van der Waals surface area contributed by atoms with E-state index in [1.165, 1.54) is 17.3 Å². The molecule has 3 N–H and O–H groups in total. The van der Waals surface area contributed by atoms with E-state index in [0.29, 0.717) is 32.9 Å². The average Bonchev–Trinajstić information content (AvgIpc) is 2.99. The van der Waals surface area contributed by atoms with E-state index in [1.807, 2.05) is 36.4 Å². The van der Waals surface area contributed by atoms with Crippen molar-refractivity contribution in [1.29, 1.82) is 0 Å². The van der Waals surface area contributed by atoms with Crippen LogP contribution < -0.4 is 16.0 Å². The Bertz CT molecular complexity index is 1640. The van der Waals surface area contributed by atoms with Gasteiger partial charge in [0.2, 0.25) is 5.91 Å². The van der Waals surface area contributed by atoms with E-state index in [4.69, 9.17) is 23.2 Å². The van der Waals surface area contributed by atoms with Crippen molar-refractivity contribution in [3.05, 3.63) is 129 Å². The van der Waals surface area contributed by atoms with Crippen LogP contribution in [0.25, 0.3) is 6.08 Å². The molecule has 0 aliphatic rings. The van der Waals surface area contributed by atoms with Gasteiger partial charge in [0.15, 0.2) is 0 Å². The van der Waals surface area contributed by atoms with Gasteiger partial charge in [-0.3, -0.25) is 14.4 Å². The lowest BCUT2D eigenvalue weighted by atomic mass is 10.0. The third kappa shape index (κ3) is 9.22. The van der Waals surface area contributed by atoms with Crippen LogP contribution in [-0.4, -0.2) is 23.0 Å². The predicted molar refractivity (Wildman–Crippen MR) is 178 cm³/mol. The SMILES string of the molecule is CC(Sc1cccc(NC(=O)/C(=C\c2ccc(C(C)C)cc2)NC(=O)c2ccccc2)c1)C(=O)Nc1cc(Cl)ccc1Cl. The summed E-state index contributed by atoms with van der Waals surface area (Å²) in [5, 5.41) is 8.82. The molecule has 43 heavy (non-hydrogen) atoms. The van der Waals surface area contributed by atoms with Crippen LogP contribution in [-0.2, 0) is 9.59 Å². The molecular formula is C34H31Cl2N3O3S. The molecule has 6 nitrogen and oxygen atoms in total. The number of hydrogen-bond donors (Lipinski definition) is 3. The summed E-state index contributed by atoms with van der Waals surface area (Å²) in [5.41, 5.74) is 3.41. The minimum absolute atomic E-state index is 0.0929. The Kier molecular flexibility index (Phi) is 11.1. The van der Waals surface area contributed by atoms with Crippen molar-refractivity contribution in [3.8, 4) is 0 Å². The third-order valence-corrected chi connectivity index (χ3v) is 8.06. The molecule has 0 heterocycles. The van der Waals surface area contributed by atoms with Crippen molar-refractivity contribution >= 4 is 70.1 Å². The summed E-state index contributed by atoms with van der Waals surface area (Å²) in [4.78, 5) is 40.0. The highest BCUT2D eigenvalue weighted by molar-refractivity contribution is 8.00. The van der Waals surface area contributed by atoms with E-state index in [-0.39, 0.29) is 11.6 Å². The van der Waals surface area contributed by atoms with Gasteiger partial charge in [-0.15, -0.1) is 11.8 Å². The molecule has 220 valence electrons. The summed E-state index contributed by atoms with van der Waals surface area (Å²) in [7, 11) is 0. The Morgan fingerprint density at radius 3 is 2.21 bits per heavy atom. The quantitative estimate of drug-likeness (QED) is 0.121. The zero-order chi connectivity index (χ0) is 30.9. The molecule has 0 aliphatic heterocycles. The summed E-state index contributed by atoms with van der Waals surface area (Å²) in [6.45, 7) is 5.99. The van der Waals surface area contributed by atoms with E-state index in [9.17, 15) is 14.4 Å². The third-order valence-electron chi connectivity index (χ3n) is 6.40. The minimum atomic E-state index is -0.485. The number of anilines is 2. The second kappa shape index (κ2) is 14.9. The summed E-state index contributed by atoms with van der Waals surface area (Å²) in [5.74, 6) is -0.765. The maximum Gasteiger partial charge on any atom is 0.272 e. The van der Waals surface area contributed by atoms with Gasteiger partial charge in [0, 0.05) is 21.2 Å². The van der Waals surface area contributed by atoms with Crippen LogP contribution in [0.5, 0.6) is 0 Å². The Hall–Kier alpha value is -4.04. The maximum atomic E-state index is 13.5. The highest BCUT2D eigenvalue weighted by atomic mass is 35.5. The van der Waals surface area contributed by atoms with E-state index in [2.05, 4.69) is 29.8 Å². The first-order valence-corrected chi connectivity index (χ1v) is 15.2. The number of thioether (sulfide) groups is 1. The number of hydrogen-bond acceptors (Lipinski definition) is 4. The first kappa shape index (κ1) is 31.9.